The maximum Gasteiger partial charge on any atom is 0.272 e. The summed E-state index contributed by atoms with van der Waals surface area (Å²) in [7, 11) is 0. The number of nitrogens with zero attached hydrogens (tertiary/aromatic N) is 1. The molecule has 3 rings (SSSR count). The van der Waals surface area contributed by atoms with Gasteiger partial charge in [-0.1, -0.05) is 20.8 Å². The Labute approximate surface area is 167 Å². The topological polar surface area (TPSA) is 94.4 Å². The van der Waals surface area contributed by atoms with Crippen LogP contribution < -0.4 is 21.8 Å². The first-order valence-corrected chi connectivity index (χ1v) is 9.28. The molecule has 2 aromatic heterocycles. The second-order valence-electron chi connectivity index (χ2n) is 7.10. The predicted octanol–water partition coefficient (Wildman–Crippen LogP) is 1.49. The van der Waals surface area contributed by atoms with Crippen LogP contribution in [0.5, 0.6) is 0 Å². The van der Waals surface area contributed by atoms with Crippen molar-refractivity contribution in [2.45, 2.75) is 26.2 Å². The molecule has 0 saturated heterocycles. The molecule has 6 nitrogen and oxygen atoms in total. The minimum atomic E-state index is -0.521. The molecule has 0 saturated carbocycles. The smallest absolute Gasteiger partial charge is 0.272 e. The van der Waals surface area contributed by atoms with E-state index in [0.717, 1.165) is 9.26 Å². The fourth-order valence-corrected chi connectivity index (χ4v) is 3.14. The molecule has 8 heteroatoms. The molecule has 0 fully saturated rings. The van der Waals surface area contributed by atoms with E-state index in [1.165, 1.54) is 18.2 Å². The molecule has 0 spiro atoms. The van der Waals surface area contributed by atoms with E-state index in [-0.39, 0.29) is 21.7 Å². The highest BCUT2D eigenvalue weighted by molar-refractivity contribution is 14.1. The van der Waals surface area contributed by atoms with Crippen LogP contribution in [0.1, 0.15) is 37.7 Å². The van der Waals surface area contributed by atoms with Gasteiger partial charge < -0.3 is 15.0 Å². The molecule has 0 amide bonds. The monoisotopic (exact) mass is 480 g/mol. The van der Waals surface area contributed by atoms with Crippen molar-refractivity contribution in [1.82, 2.24) is 19.9 Å². The average Bonchev–Trinajstić information content (AvgIpc) is 3.04. The normalized spacial score (nSPS) is 13.4. The summed E-state index contributed by atoms with van der Waals surface area (Å²) in [5.41, 5.74) is 0.428. The molecule has 2 heterocycles. The highest BCUT2D eigenvalue weighted by Gasteiger charge is 2.19. The van der Waals surface area contributed by atoms with Gasteiger partial charge in [0.1, 0.15) is 16.5 Å². The number of halogens is 2. The summed E-state index contributed by atoms with van der Waals surface area (Å²) >= 11 is 2.05. The molecule has 0 aliphatic heterocycles. The quantitative estimate of drug-likeness (QED) is 0.486. The molecule has 0 radical (unpaired) electrons. The van der Waals surface area contributed by atoms with Crippen molar-refractivity contribution in [3.8, 4) is 0 Å². The van der Waals surface area contributed by atoms with Crippen LogP contribution in [0.25, 0.3) is 12.2 Å². The largest absolute Gasteiger partial charge is 0.348 e. The van der Waals surface area contributed by atoms with Gasteiger partial charge in [0.05, 0.1) is 12.0 Å². The van der Waals surface area contributed by atoms with Crippen LogP contribution in [0, 0.1) is 9.39 Å². The molecule has 140 valence electrons. The third-order valence-corrected chi connectivity index (χ3v) is 4.61. The minimum absolute atomic E-state index is 0.0175. The van der Waals surface area contributed by atoms with Crippen LogP contribution in [-0.2, 0) is 5.41 Å². The first-order chi connectivity index (χ1) is 12.6. The summed E-state index contributed by atoms with van der Waals surface area (Å²) < 4.78 is 14.7. The summed E-state index contributed by atoms with van der Waals surface area (Å²) in [5, 5.41) is 0.0639. The van der Waals surface area contributed by atoms with E-state index < -0.39 is 16.9 Å². The number of imidazole rings is 1. The number of hydrogen-bond acceptors (Lipinski definition) is 3. The fourth-order valence-electron chi connectivity index (χ4n) is 2.63. The van der Waals surface area contributed by atoms with Crippen molar-refractivity contribution in [3.05, 3.63) is 82.3 Å². The van der Waals surface area contributed by atoms with E-state index >= 15 is 0 Å². The summed E-state index contributed by atoms with van der Waals surface area (Å²) in [6.45, 7) is 6.04. The highest BCUT2D eigenvalue weighted by Crippen LogP contribution is 2.22. The Morgan fingerprint density at radius 3 is 2.33 bits per heavy atom. The molecule has 0 aliphatic carbocycles. The molecule has 3 aromatic rings. The number of H-pyrrole nitrogens is 3. The molecule has 0 atom stereocenters. The fraction of sp³-hybridized carbons (Fsp3) is 0.211. The number of hydrogen-bond donors (Lipinski definition) is 3. The average molecular weight is 480 g/mol. The van der Waals surface area contributed by atoms with Crippen LogP contribution in [0.3, 0.4) is 0 Å². The zero-order valence-electron chi connectivity index (χ0n) is 15.0. The minimum Gasteiger partial charge on any atom is -0.348 e. The first kappa shape index (κ1) is 19.3. The molecule has 3 N–H and O–H groups in total. The van der Waals surface area contributed by atoms with E-state index in [1.54, 1.807) is 18.5 Å². The van der Waals surface area contributed by atoms with Gasteiger partial charge in [-0.05, 0) is 52.9 Å². The van der Waals surface area contributed by atoms with Crippen molar-refractivity contribution < 1.29 is 4.39 Å². The Kier molecular flexibility index (Phi) is 5.18. The Morgan fingerprint density at radius 2 is 1.70 bits per heavy atom. The molecule has 0 unspecified atom stereocenters. The maximum atomic E-state index is 13.9. The summed E-state index contributed by atoms with van der Waals surface area (Å²) in [4.78, 5) is 37.1. The van der Waals surface area contributed by atoms with E-state index in [9.17, 15) is 14.0 Å². The number of rotatable bonds is 2. The van der Waals surface area contributed by atoms with Gasteiger partial charge in [-0.25, -0.2) is 9.37 Å². The van der Waals surface area contributed by atoms with E-state index in [2.05, 4.69) is 19.9 Å². The number of aromatic amines is 3. The van der Waals surface area contributed by atoms with Crippen molar-refractivity contribution in [1.29, 1.82) is 0 Å². The van der Waals surface area contributed by atoms with E-state index in [0.29, 0.717) is 5.69 Å². The van der Waals surface area contributed by atoms with Gasteiger partial charge in [-0.15, -0.1) is 0 Å². The molecular weight excluding hydrogens is 462 g/mol. The first-order valence-electron chi connectivity index (χ1n) is 8.20. The second-order valence-corrected chi connectivity index (χ2v) is 8.35. The van der Waals surface area contributed by atoms with Gasteiger partial charge >= 0.3 is 0 Å². The van der Waals surface area contributed by atoms with Gasteiger partial charge in [0.25, 0.3) is 11.1 Å². The molecular formula is C19H18FIN4O2. The SMILES string of the molecule is CC(C)(C)c1[nH]cnc1/C=c1\[nH]c(=O)/c(=C/c2cc(I)ccc2F)[nH]c1=O. The Balaban J connectivity index is 2.16. The Hall–Kier alpha value is -2.49. The van der Waals surface area contributed by atoms with Crippen LogP contribution in [0.4, 0.5) is 4.39 Å². The van der Waals surface area contributed by atoms with Gasteiger partial charge in [0.15, 0.2) is 0 Å². The molecule has 27 heavy (non-hydrogen) atoms. The van der Waals surface area contributed by atoms with Crippen LogP contribution in [0.15, 0.2) is 34.1 Å². The lowest BCUT2D eigenvalue weighted by Crippen LogP contribution is -2.46. The van der Waals surface area contributed by atoms with E-state index in [1.807, 2.05) is 43.4 Å². The van der Waals surface area contributed by atoms with Gasteiger partial charge in [0.2, 0.25) is 0 Å². The lowest BCUT2D eigenvalue weighted by molar-refractivity contribution is 0.571. The Morgan fingerprint density at radius 1 is 1.07 bits per heavy atom. The van der Waals surface area contributed by atoms with Crippen molar-refractivity contribution in [2.75, 3.05) is 0 Å². The molecule has 1 aromatic carbocycles. The second kappa shape index (κ2) is 7.26. The number of aromatic nitrogens is 4. The standard InChI is InChI=1S/C19H18FIN4O2/c1-19(2,3)16-13(22-9-23-16)8-15-18(27)24-14(17(26)25-15)7-10-6-11(21)4-5-12(10)20/h4-9H,1-3H3,(H,22,23)(H,24,27)(H,25,26)/b14-7-,15-8-. The zero-order chi connectivity index (χ0) is 19.8. The maximum absolute atomic E-state index is 13.9. The number of benzene rings is 1. The van der Waals surface area contributed by atoms with E-state index in [4.69, 9.17) is 0 Å². The van der Waals surface area contributed by atoms with Crippen molar-refractivity contribution in [2.24, 2.45) is 0 Å². The summed E-state index contributed by atoms with van der Waals surface area (Å²) in [5.74, 6) is -0.474. The van der Waals surface area contributed by atoms with Crippen LogP contribution >= 0.6 is 22.6 Å². The van der Waals surface area contributed by atoms with Crippen molar-refractivity contribution in [3.63, 3.8) is 0 Å². The zero-order valence-corrected chi connectivity index (χ0v) is 17.1. The van der Waals surface area contributed by atoms with Gasteiger partial charge in [-0.3, -0.25) is 9.59 Å². The third-order valence-electron chi connectivity index (χ3n) is 3.94. The number of nitrogens with one attached hydrogen (secondary N) is 3. The van der Waals surface area contributed by atoms with Crippen LogP contribution in [0.2, 0.25) is 0 Å². The van der Waals surface area contributed by atoms with Gasteiger partial charge in [0, 0.05) is 20.2 Å². The predicted molar refractivity (Wildman–Crippen MR) is 110 cm³/mol. The van der Waals surface area contributed by atoms with Crippen molar-refractivity contribution >= 4 is 34.7 Å². The molecule has 0 bridgehead atoms. The lowest BCUT2D eigenvalue weighted by Gasteiger charge is -2.16. The summed E-state index contributed by atoms with van der Waals surface area (Å²) in [6.07, 6.45) is 4.38. The third kappa shape index (κ3) is 4.26. The molecule has 0 aliphatic rings. The van der Waals surface area contributed by atoms with Gasteiger partial charge in [-0.2, -0.15) is 0 Å². The summed E-state index contributed by atoms with van der Waals surface area (Å²) in [6, 6.07) is 4.52. The Bertz CT molecular complexity index is 1230. The highest BCUT2D eigenvalue weighted by atomic mass is 127. The van der Waals surface area contributed by atoms with Crippen LogP contribution in [-0.4, -0.2) is 19.9 Å². The lowest BCUT2D eigenvalue weighted by atomic mass is 9.90.